The van der Waals surface area contributed by atoms with E-state index in [1.807, 2.05) is 30.5 Å². The van der Waals surface area contributed by atoms with Crippen LogP contribution in [0.2, 0.25) is 0 Å². The highest BCUT2D eigenvalue weighted by Gasteiger charge is 2.06. The van der Waals surface area contributed by atoms with Crippen molar-refractivity contribution < 1.29 is 4.79 Å². The van der Waals surface area contributed by atoms with Crippen LogP contribution in [0.4, 0.5) is 0 Å². The Bertz CT molecular complexity index is 672. The van der Waals surface area contributed by atoms with Gasteiger partial charge in [0.05, 0.1) is 12.1 Å². The van der Waals surface area contributed by atoms with Crippen LogP contribution < -0.4 is 5.32 Å². The van der Waals surface area contributed by atoms with Crippen LogP contribution in [-0.2, 0) is 6.54 Å². The normalized spacial score (nSPS) is 10.7. The average molecular weight is 257 g/mol. The van der Waals surface area contributed by atoms with E-state index >= 15 is 0 Å². The van der Waals surface area contributed by atoms with Gasteiger partial charge in [0.2, 0.25) is 0 Å². The van der Waals surface area contributed by atoms with E-state index in [-0.39, 0.29) is 5.91 Å². The second-order valence-corrected chi connectivity index (χ2v) is 4.90. The Morgan fingerprint density at radius 1 is 1.39 bits per heavy atom. The Labute approximate surface area is 108 Å². The number of nitrogens with one attached hydrogen (secondary N) is 2. The van der Waals surface area contributed by atoms with Crippen molar-refractivity contribution >= 4 is 28.1 Å². The van der Waals surface area contributed by atoms with Gasteiger partial charge in [0.1, 0.15) is 0 Å². The van der Waals surface area contributed by atoms with Crippen LogP contribution in [0, 0.1) is 0 Å². The van der Waals surface area contributed by atoms with Crippen molar-refractivity contribution in [3.8, 4) is 0 Å². The zero-order valence-corrected chi connectivity index (χ0v) is 10.3. The van der Waals surface area contributed by atoms with Crippen LogP contribution >= 0.6 is 11.3 Å². The summed E-state index contributed by atoms with van der Waals surface area (Å²) < 4.78 is 0. The summed E-state index contributed by atoms with van der Waals surface area (Å²) in [7, 11) is 0. The molecule has 2 heterocycles. The molecular weight excluding hydrogens is 246 g/mol. The Hall–Kier alpha value is -2.14. The van der Waals surface area contributed by atoms with E-state index < -0.39 is 0 Å². The SMILES string of the molecule is O=C(NCc1cncs1)c1ccc2cc[nH]c2c1. The van der Waals surface area contributed by atoms with E-state index in [1.165, 1.54) is 11.3 Å². The molecule has 90 valence electrons. The van der Waals surface area contributed by atoms with Crippen molar-refractivity contribution in [1.29, 1.82) is 0 Å². The molecule has 0 radical (unpaired) electrons. The Morgan fingerprint density at radius 3 is 3.17 bits per heavy atom. The monoisotopic (exact) mass is 257 g/mol. The van der Waals surface area contributed by atoms with Crippen LogP contribution in [0.5, 0.6) is 0 Å². The first kappa shape index (κ1) is 11.0. The second-order valence-electron chi connectivity index (χ2n) is 3.93. The number of rotatable bonds is 3. The fraction of sp³-hybridized carbons (Fsp3) is 0.0769. The summed E-state index contributed by atoms with van der Waals surface area (Å²) in [6.45, 7) is 0.520. The lowest BCUT2D eigenvalue weighted by Gasteiger charge is -2.03. The maximum Gasteiger partial charge on any atom is 0.251 e. The van der Waals surface area contributed by atoms with Crippen molar-refractivity contribution in [1.82, 2.24) is 15.3 Å². The number of hydrogen-bond donors (Lipinski definition) is 2. The van der Waals surface area contributed by atoms with Gasteiger partial charge in [0.15, 0.2) is 0 Å². The van der Waals surface area contributed by atoms with Gasteiger partial charge in [0.25, 0.3) is 5.91 Å². The molecule has 0 saturated heterocycles. The van der Waals surface area contributed by atoms with E-state index in [2.05, 4.69) is 15.3 Å². The van der Waals surface area contributed by atoms with Gasteiger partial charge >= 0.3 is 0 Å². The molecule has 4 nitrogen and oxygen atoms in total. The number of aromatic amines is 1. The summed E-state index contributed by atoms with van der Waals surface area (Å²) in [4.78, 5) is 20.1. The topological polar surface area (TPSA) is 57.8 Å². The van der Waals surface area contributed by atoms with Crippen LogP contribution in [0.1, 0.15) is 15.2 Å². The van der Waals surface area contributed by atoms with Crippen LogP contribution in [0.25, 0.3) is 10.9 Å². The van der Waals surface area contributed by atoms with Gasteiger partial charge in [-0.2, -0.15) is 0 Å². The molecule has 0 atom stereocenters. The number of thiazole rings is 1. The molecule has 3 aromatic rings. The van der Waals surface area contributed by atoms with Crippen molar-refractivity contribution in [3.05, 3.63) is 52.6 Å². The smallest absolute Gasteiger partial charge is 0.251 e. The molecule has 2 N–H and O–H groups in total. The van der Waals surface area contributed by atoms with E-state index in [0.29, 0.717) is 12.1 Å². The third kappa shape index (κ3) is 2.12. The molecule has 2 aromatic heterocycles. The second kappa shape index (κ2) is 4.62. The summed E-state index contributed by atoms with van der Waals surface area (Å²) in [6, 6.07) is 7.61. The largest absolute Gasteiger partial charge is 0.361 e. The summed E-state index contributed by atoms with van der Waals surface area (Å²) in [6.07, 6.45) is 3.63. The number of aromatic nitrogens is 2. The highest BCUT2D eigenvalue weighted by molar-refractivity contribution is 7.09. The lowest BCUT2D eigenvalue weighted by atomic mass is 10.1. The molecule has 1 amide bonds. The zero-order valence-electron chi connectivity index (χ0n) is 9.51. The molecule has 0 unspecified atom stereocenters. The number of benzene rings is 1. The maximum absolute atomic E-state index is 12.0. The van der Waals surface area contributed by atoms with Gasteiger partial charge in [0, 0.05) is 28.4 Å². The summed E-state index contributed by atoms with van der Waals surface area (Å²) in [5.41, 5.74) is 3.39. The van der Waals surface area contributed by atoms with Crippen molar-refractivity contribution in [2.24, 2.45) is 0 Å². The minimum atomic E-state index is -0.0695. The number of hydrogen-bond acceptors (Lipinski definition) is 3. The molecule has 5 heteroatoms. The summed E-state index contributed by atoms with van der Waals surface area (Å²) in [5, 5.41) is 3.98. The quantitative estimate of drug-likeness (QED) is 0.757. The first-order valence-electron chi connectivity index (χ1n) is 5.55. The van der Waals surface area contributed by atoms with E-state index in [4.69, 9.17) is 0 Å². The van der Waals surface area contributed by atoms with Gasteiger partial charge in [-0.15, -0.1) is 11.3 Å². The number of carbonyl (C=O) groups excluding carboxylic acids is 1. The minimum Gasteiger partial charge on any atom is -0.361 e. The fourth-order valence-corrected chi connectivity index (χ4v) is 2.32. The third-order valence-electron chi connectivity index (χ3n) is 2.72. The molecule has 0 saturated carbocycles. The van der Waals surface area contributed by atoms with E-state index in [1.54, 1.807) is 11.7 Å². The van der Waals surface area contributed by atoms with Crippen molar-refractivity contribution in [3.63, 3.8) is 0 Å². The minimum absolute atomic E-state index is 0.0695. The molecular formula is C13H11N3OS. The molecule has 3 rings (SSSR count). The predicted molar refractivity (Wildman–Crippen MR) is 71.6 cm³/mol. The lowest BCUT2D eigenvalue weighted by molar-refractivity contribution is 0.0951. The highest BCUT2D eigenvalue weighted by Crippen LogP contribution is 2.14. The summed E-state index contributed by atoms with van der Waals surface area (Å²) in [5.74, 6) is -0.0695. The van der Waals surface area contributed by atoms with Crippen molar-refractivity contribution in [2.45, 2.75) is 6.54 Å². The molecule has 0 aliphatic heterocycles. The molecule has 0 spiro atoms. The summed E-state index contributed by atoms with van der Waals surface area (Å²) >= 11 is 1.53. The van der Waals surface area contributed by atoms with Gasteiger partial charge < -0.3 is 10.3 Å². The average Bonchev–Trinajstić information content (AvgIpc) is 3.05. The number of H-pyrrole nitrogens is 1. The third-order valence-corrected chi connectivity index (χ3v) is 3.50. The number of fused-ring (bicyclic) bond motifs is 1. The zero-order chi connectivity index (χ0) is 12.4. The molecule has 0 aliphatic carbocycles. The lowest BCUT2D eigenvalue weighted by Crippen LogP contribution is -2.22. The number of amides is 1. The van der Waals surface area contributed by atoms with E-state index in [9.17, 15) is 4.79 Å². The highest BCUT2D eigenvalue weighted by atomic mass is 32.1. The van der Waals surface area contributed by atoms with Gasteiger partial charge in [-0.05, 0) is 23.6 Å². The maximum atomic E-state index is 12.0. The van der Waals surface area contributed by atoms with Gasteiger partial charge in [-0.25, -0.2) is 0 Å². The van der Waals surface area contributed by atoms with Crippen LogP contribution in [0.15, 0.2) is 42.2 Å². The first-order valence-corrected chi connectivity index (χ1v) is 6.43. The molecule has 1 aromatic carbocycles. The Kier molecular flexibility index (Phi) is 2.82. The Balaban J connectivity index is 1.75. The van der Waals surface area contributed by atoms with Gasteiger partial charge in [-0.1, -0.05) is 6.07 Å². The fourth-order valence-electron chi connectivity index (χ4n) is 1.79. The van der Waals surface area contributed by atoms with Crippen LogP contribution in [0.3, 0.4) is 0 Å². The van der Waals surface area contributed by atoms with E-state index in [0.717, 1.165) is 15.8 Å². The molecule has 0 bridgehead atoms. The number of nitrogens with zero attached hydrogens (tertiary/aromatic N) is 1. The first-order chi connectivity index (χ1) is 8.83. The number of carbonyl (C=O) groups is 1. The van der Waals surface area contributed by atoms with Gasteiger partial charge in [-0.3, -0.25) is 9.78 Å². The molecule has 18 heavy (non-hydrogen) atoms. The van der Waals surface area contributed by atoms with Crippen LogP contribution in [-0.4, -0.2) is 15.9 Å². The molecule has 0 fully saturated rings. The molecule has 0 aliphatic rings. The standard InChI is InChI=1S/C13H11N3OS/c17-13(16-7-11-6-14-8-18-11)10-2-1-9-3-4-15-12(9)5-10/h1-6,8,15H,7H2,(H,16,17). The Morgan fingerprint density at radius 2 is 2.33 bits per heavy atom. The predicted octanol–water partition coefficient (Wildman–Crippen LogP) is 2.55. The van der Waals surface area contributed by atoms with Crippen molar-refractivity contribution in [2.75, 3.05) is 0 Å².